The fourth-order valence-corrected chi connectivity index (χ4v) is 2.25. The summed E-state index contributed by atoms with van der Waals surface area (Å²) in [5.74, 6) is 1.11. The highest BCUT2D eigenvalue weighted by Crippen LogP contribution is 2.14. The minimum Gasteiger partial charge on any atom is -0.373 e. The topological polar surface area (TPSA) is 48.5 Å². The van der Waals surface area contributed by atoms with Crippen molar-refractivity contribution >= 4 is 11.7 Å². The van der Waals surface area contributed by atoms with Gasteiger partial charge in [0.05, 0.1) is 0 Å². The standard InChI is InChI=1S/C13H20N4O/c1-11(18)17-8-6-16(7-9-17)10-12-4-3-5-15-13(12)14-2/h3-5H,6-10H2,1-2H3,(H,14,15). The zero-order valence-electron chi connectivity index (χ0n) is 11.0. The molecule has 5 heteroatoms. The van der Waals surface area contributed by atoms with Crippen LogP contribution < -0.4 is 5.32 Å². The first-order chi connectivity index (χ1) is 8.70. The lowest BCUT2D eigenvalue weighted by atomic mass is 10.2. The summed E-state index contributed by atoms with van der Waals surface area (Å²) in [6.45, 7) is 6.02. The Morgan fingerprint density at radius 2 is 2.11 bits per heavy atom. The number of nitrogens with zero attached hydrogens (tertiary/aromatic N) is 3. The van der Waals surface area contributed by atoms with E-state index >= 15 is 0 Å². The first-order valence-electron chi connectivity index (χ1n) is 6.30. The van der Waals surface area contributed by atoms with Gasteiger partial charge in [0.2, 0.25) is 5.91 Å². The molecule has 1 saturated heterocycles. The molecule has 0 aliphatic carbocycles. The molecular formula is C13H20N4O. The lowest BCUT2D eigenvalue weighted by Gasteiger charge is -2.34. The molecule has 0 aromatic carbocycles. The summed E-state index contributed by atoms with van der Waals surface area (Å²) >= 11 is 0. The third-order valence-electron chi connectivity index (χ3n) is 3.34. The Hall–Kier alpha value is -1.62. The number of pyridine rings is 1. The van der Waals surface area contributed by atoms with Crippen LogP contribution >= 0.6 is 0 Å². The number of piperazine rings is 1. The van der Waals surface area contributed by atoms with E-state index in [2.05, 4.69) is 21.3 Å². The van der Waals surface area contributed by atoms with Crippen LogP contribution in [0.25, 0.3) is 0 Å². The first kappa shape index (κ1) is 12.8. The van der Waals surface area contributed by atoms with Crippen LogP contribution in [0, 0.1) is 0 Å². The van der Waals surface area contributed by atoms with E-state index in [4.69, 9.17) is 0 Å². The molecule has 5 nitrogen and oxygen atoms in total. The van der Waals surface area contributed by atoms with E-state index in [-0.39, 0.29) is 5.91 Å². The molecular weight excluding hydrogens is 228 g/mol. The predicted octanol–water partition coefficient (Wildman–Crippen LogP) is 0.787. The number of hydrogen-bond acceptors (Lipinski definition) is 4. The number of carbonyl (C=O) groups is 1. The van der Waals surface area contributed by atoms with Crippen LogP contribution in [0.15, 0.2) is 18.3 Å². The number of aromatic nitrogens is 1. The van der Waals surface area contributed by atoms with Crippen LogP contribution in [-0.4, -0.2) is 53.9 Å². The lowest BCUT2D eigenvalue weighted by molar-refractivity contribution is -0.130. The zero-order valence-corrected chi connectivity index (χ0v) is 11.0. The molecule has 1 aliphatic heterocycles. The molecule has 98 valence electrons. The van der Waals surface area contributed by atoms with E-state index in [0.29, 0.717) is 0 Å². The van der Waals surface area contributed by atoms with Gasteiger partial charge in [-0.2, -0.15) is 0 Å². The molecule has 1 amide bonds. The van der Waals surface area contributed by atoms with Gasteiger partial charge in [-0.3, -0.25) is 9.69 Å². The fourth-order valence-electron chi connectivity index (χ4n) is 2.25. The summed E-state index contributed by atoms with van der Waals surface area (Å²) in [5.41, 5.74) is 1.20. The molecule has 0 bridgehead atoms. The van der Waals surface area contributed by atoms with Gasteiger partial charge >= 0.3 is 0 Å². The molecule has 0 unspecified atom stereocenters. The molecule has 1 N–H and O–H groups in total. The Morgan fingerprint density at radius 1 is 1.39 bits per heavy atom. The Labute approximate surface area is 108 Å². The van der Waals surface area contributed by atoms with E-state index in [9.17, 15) is 4.79 Å². The normalized spacial score (nSPS) is 16.7. The molecule has 1 fully saturated rings. The van der Waals surface area contributed by atoms with Crippen molar-refractivity contribution in [3.05, 3.63) is 23.9 Å². The summed E-state index contributed by atoms with van der Waals surface area (Å²) in [4.78, 5) is 19.8. The van der Waals surface area contributed by atoms with Gasteiger partial charge in [0.25, 0.3) is 0 Å². The predicted molar refractivity (Wildman–Crippen MR) is 71.3 cm³/mol. The van der Waals surface area contributed by atoms with E-state index < -0.39 is 0 Å². The third-order valence-corrected chi connectivity index (χ3v) is 3.34. The van der Waals surface area contributed by atoms with Crippen LogP contribution in [0.3, 0.4) is 0 Å². The van der Waals surface area contributed by atoms with E-state index in [0.717, 1.165) is 38.5 Å². The van der Waals surface area contributed by atoms with Gasteiger partial charge in [0.1, 0.15) is 5.82 Å². The quantitative estimate of drug-likeness (QED) is 0.859. The minimum atomic E-state index is 0.173. The van der Waals surface area contributed by atoms with Gasteiger partial charge in [-0.1, -0.05) is 6.07 Å². The van der Waals surface area contributed by atoms with Crippen molar-refractivity contribution in [2.75, 3.05) is 38.5 Å². The van der Waals surface area contributed by atoms with Gasteiger partial charge in [-0.25, -0.2) is 4.98 Å². The van der Waals surface area contributed by atoms with E-state index in [1.165, 1.54) is 5.56 Å². The summed E-state index contributed by atoms with van der Waals surface area (Å²) in [6, 6.07) is 4.05. The smallest absolute Gasteiger partial charge is 0.219 e. The number of amides is 1. The monoisotopic (exact) mass is 248 g/mol. The van der Waals surface area contributed by atoms with Gasteiger partial charge in [0.15, 0.2) is 0 Å². The number of anilines is 1. The van der Waals surface area contributed by atoms with Crippen molar-refractivity contribution in [3.63, 3.8) is 0 Å². The van der Waals surface area contributed by atoms with Crippen molar-refractivity contribution in [1.82, 2.24) is 14.8 Å². The van der Waals surface area contributed by atoms with Crippen LogP contribution in [0.2, 0.25) is 0 Å². The summed E-state index contributed by atoms with van der Waals surface area (Å²) < 4.78 is 0. The second-order valence-electron chi connectivity index (χ2n) is 4.54. The summed E-state index contributed by atoms with van der Waals surface area (Å²) in [5, 5.41) is 3.11. The van der Waals surface area contributed by atoms with Crippen molar-refractivity contribution in [2.45, 2.75) is 13.5 Å². The molecule has 0 saturated carbocycles. The third kappa shape index (κ3) is 2.98. The number of hydrogen-bond donors (Lipinski definition) is 1. The van der Waals surface area contributed by atoms with Crippen molar-refractivity contribution < 1.29 is 4.79 Å². The molecule has 0 radical (unpaired) electrons. The molecule has 1 aliphatic rings. The maximum Gasteiger partial charge on any atom is 0.219 e. The highest BCUT2D eigenvalue weighted by atomic mass is 16.2. The van der Waals surface area contributed by atoms with Crippen LogP contribution in [0.4, 0.5) is 5.82 Å². The molecule has 18 heavy (non-hydrogen) atoms. The average molecular weight is 248 g/mol. The SMILES string of the molecule is CNc1ncccc1CN1CCN(C(C)=O)CC1. The number of rotatable bonds is 3. The number of carbonyl (C=O) groups excluding carboxylic acids is 1. The highest BCUT2D eigenvalue weighted by Gasteiger charge is 2.19. The van der Waals surface area contributed by atoms with Crippen LogP contribution in [0.5, 0.6) is 0 Å². The fraction of sp³-hybridized carbons (Fsp3) is 0.538. The Morgan fingerprint density at radius 3 is 2.72 bits per heavy atom. The molecule has 0 atom stereocenters. The Bertz CT molecular complexity index is 413. The van der Waals surface area contributed by atoms with Gasteiger partial charge < -0.3 is 10.2 Å². The lowest BCUT2D eigenvalue weighted by Crippen LogP contribution is -2.47. The van der Waals surface area contributed by atoms with E-state index in [1.807, 2.05) is 18.0 Å². The maximum atomic E-state index is 11.3. The summed E-state index contributed by atoms with van der Waals surface area (Å²) in [7, 11) is 1.89. The van der Waals surface area contributed by atoms with Gasteiger partial charge in [-0.15, -0.1) is 0 Å². The number of nitrogens with one attached hydrogen (secondary N) is 1. The molecule has 1 aromatic rings. The van der Waals surface area contributed by atoms with Crippen LogP contribution in [-0.2, 0) is 11.3 Å². The maximum absolute atomic E-state index is 11.3. The molecule has 2 heterocycles. The van der Waals surface area contributed by atoms with E-state index in [1.54, 1.807) is 13.1 Å². The second-order valence-corrected chi connectivity index (χ2v) is 4.54. The van der Waals surface area contributed by atoms with Gasteiger partial charge in [0, 0.05) is 58.5 Å². The molecule has 0 spiro atoms. The van der Waals surface area contributed by atoms with Crippen LogP contribution in [0.1, 0.15) is 12.5 Å². The molecule has 1 aromatic heterocycles. The van der Waals surface area contributed by atoms with Crippen molar-refractivity contribution in [2.24, 2.45) is 0 Å². The van der Waals surface area contributed by atoms with Crippen molar-refractivity contribution in [1.29, 1.82) is 0 Å². The zero-order chi connectivity index (χ0) is 13.0. The average Bonchev–Trinajstić information content (AvgIpc) is 2.40. The highest BCUT2D eigenvalue weighted by molar-refractivity contribution is 5.73. The Kier molecular flexibility index (Phi) is 4.15. The Balaban J connectivity index is 1.93. The minimum absolute atomic E-state index is 0.173. The largest absolute Gasteiger partial charge is 0.373 e. The first-order valence-corrected chi connectivity index (χ1v) is 6.30. The summed E-state index contributed by atoms with van der Waals surface area (Å²) in [6.07, 6.45) is 1.79. The van der Waals surface area contributed by atoms with Crippen molar-refractivity contribution in [3.8, 4) is 0 Å². The second kappa shape index (κ2) is 5.82. The van der Waals surface area contributed by atoms with Gasteiger partial charge in [-0.05, 0) is 6.07 Å². The molecule has 2 rings (SSSR count).